The highest BCUT2D eigenvalue weighted by atomic mass is 32.1. The van der Waals surface area contributed by atoms with E-state index in [1.54, 1.807) is 24.8 Å². The Morgan fingerprint density at radius 1 is 1.22 bits per heavy atom. The van der Waals surface area contributed by atoms with E-state index in [2.05, 4.69) is 37.5 Å². The van der Waals surface area contributed by atoms with Crippen LogP contribution < -0.4 is 10.6 Å². The van der Waals surface area contributed by atoms with Crippen molar-refractivity contribution in [3.63, 3.8) is 0 Å². The van der Waals surface area contributed by atoms with E-state index < -0.39 is 17.9 Å². The molecule has 1 unspecified atom stereocenters. The first-order chi connectivity index (χ1) is 21.2. The second-order valence-corrected chi connectivity index (χ2v) is 14.1. The van der Waals surface area contributed by atoms with E-state index in [4.69, 9.17) is 9.72 Å². The Bertz CT molecular complexity index is 1600. The van der Waals surface area contributed by atoms with Gasteiger partial charge in [-0.3, -0.25) is 14.9 Å². The molecule has 0 spiro atoms. The average Bonchev–Trinajstić information content (AvgIpc) is 3.70. The van der Waals surface area contributed by atoms with Crippen molar-refractivity contribution in [3.05, 3.63) is 57.3 Å². The molecule has 1 atom stereocenters. The summed E-state index contributed by atoms with van der Waals surface area (Å²) < 4.78 is 34.0. The van der Waals surface area contributed by atoms with Crippen LogP contribution in [0.2, 0.25) is 0 Å². The Morgan fingerprint density at radius 2 is 1.98 bits per heavy atom. The molecule has 4 rings (SSSR count). The van der Waals surface area contributed by atoms with Crippen LogP contribution in [-0.2, 0) is 22.6 Å². The van der Waals surface area contributed by atoms with Gasteiger partial charge < -0.3 is 19.5 Å². The fraction of sp³-hybridized carbons (Fsp3) is 0.515. The maximum Gasteiger partial charge on any atom is 0.272 e. The number of nitrogens with one attached hydrogen (secondary N) is 2. The van der Waals surface area contributed by atoms with Gasteiger partial charge in [-0.2, -0.15) is 5.26 Å². The summed E-state index contributed by atoms with van der Waals surface area (Å²) in [5, 5.41) is 16.1. The molecule has 3 aromatic rings. The van der Waals surface area contributed by atoms with Gasteiger partial charge in [0.15, 0.2) is 0 Å². The maximum absolute atomic E-state index is 13.6. The van der Waals surface area contributed by atoms with Gasteiger partial charge in [-0.05, 0) is 74.9 Å². The zero-order valence-electron chi connectivity index (χ0n) is 26.7. The van der Waals surface area contributed by atoms with E-state index in [-0.39, 0.29) is 38.6 Å². The molecule has 0 bridgehead atoms. The number of anilines is 1. The highest BCUT2D eigenvalue weighted by Gasteiger charge is 2.33. The van der Waals surface area contributed by atoms with Crippen LogP contribution in [0.3, 0.4) is 0 Å². The lowest BCUT2D eigenvalue weighted by molar-refractivity contribution is -0.127. The van der Waals surface area contributed by atoms with Crippen LogP contribution in [0.4, 0.5) is 14.7 Å². The number of imidazole rings is 1. The SMILES string of the molecule is CCOC(C)(C)C=C(C#N)C(=O)N1CCCC1Cn1c(NC(=O)c2ccc(C(F)F)s2)nc2cc(CNCC(C)(C)C)ccc21. The van der Waals surface area contributed by atoms with Crippen LogP contribution in [-0.4, -0.2) is 57.6 Å². The van der Waals surface area contributed by atoms with Gasteiger partial charge in [0.1, 0.15) is 11.6 Å². The molecule has 1 aromatic carbocycles. The second kappa shape index (κ2) is 14.2. The molecular weight excluding hydrogens is 598 g/mol. The Kier molecular flexibility index (Phi) is 10.8. The summed E-state index contributed by atoms with van der Waals surface area (Å²) in [7, 11) is 0. The number of aromatic nitrogens is 2. The summed E-state index contributed by atoms with van der Waals surface area (Å²) in [6, 6.07) is 10.3. The van der Waals surface area contributed by atoms with Crippen molar-refractivity contribution >= 4 is 40.1 Å². The van der Waals surface area contributed by atoms with Gasteiger partial charge in [-0.1, -0.05) is 26.8 Å². The number of benzene rings is 1. The summed E-state index contributed by atoms with van der Waals surface area (Å²) in [5.41, 5.74) is 1.80. The lowest BCUT2D eigenvalue weighted by Crippen LogP contribution is -2.39. The highest BCUT2D eigenvalue weighted by Crippen LogP contribution is 2.30. The van der Waals surface area contributed by atoms with Crippen LogP contribution in [0.15, 0.2) is 42.0 Å². The predicted molar refractivity (Wildman–Crippen MR) is 172 cm³/mol. The Balaban J connectivity index is 1.65. The van der Waals surface area contributed by atoms with E-state index in [0.29, 0.717) is 38.2 Å². The normalized spacial score (nSPS) is 16.0. The van der Waals surface area contributed by atoms with Gasteiger partial charge in [0.2, 0.25) is 5.95 Å². The zero-order chi connectivity index (χ0) is 32.9. The van der Waals surface area contributed by atoms with Gasteiger partial charge >= 0.3 is 0 Å². The number of alkyl halides is 2. The Labute approximate surface area is 267 Å². The van der Waals surface area contributed by atoms with Gasteiger partial charge in [0.05, 0.1) is 32.4 Å². The molecule has 12 heteroatoms. The van der Waals surface area contributed by atoms with Gasteiger partial charge in [-0.15, -0.1) is 11.3 Å². The molecular formula is C33H42F2N6O3S. The molecule has 9 nitrogen and oxygen atoms in total. The van der Waals surface area contributed by atoms with Crippen molar-refractivity contribution in [2.75, 3.05) is 25.0 Å². The number of halogens is 2. The molecule has 2 aromatic heterocycles. The lowest BCUT2D eigenvalue weighted by atomic mass is 9.97. The fourth-order valence-corrected chi connectivity index (χ4v) is 6.22. The molecule has 2 N–H and O–H groups in total. The number of fused-ring (bicyclic) bond motifs is 1. The summed E-state index contributed by atoms with van der Waals surface area (Å²) in [6.45, 7) is 14.6. The van der Waals surface area contributed by atoms with Crippen LogP contribution in [0.5, 0.6) is 0 Å². The van der Waals surface area contributed by atoms with Crippen LogP contribution >= 0.6 is 11.3 Å². The molecule has 1 aliphatic rings. The molecule has 242 valence electrons. The summed E-state index contributed by atoms with van der Waals surface area (Å²) >= 11 is 0.738. The Morgan fingerprint density at radius 3 is 2.62 bits per heavy atom. The topological polar surface area (TPSA) is 112 Å². The van der Waals surface area contributed by atoms with E-state index in [0.717, 1.165) is 35.4 Å². The van der Waals surface area contributed by atoms with Crippen LogP contribution in [0, 0.1) is 16.7 Å². The monoisotopic (exact) mass is 640 g/mol. The molecule has 2 amide bonds. The average molecular weight is 641 g/mol. The third-order valence-electron chi connectivity index (χ3n) is 7.48. The Hall–Kier alpha value is -3.66. The molecule has 0 radical (unpaired) electrons. The molecule has 1 fully saturated rings. The van der Waals surface area contributed by atoms with E-state index in [1.165, 1.54) is 12.1 Å². The fourth-order valence-electron chi connectivity index (χ4n) is 5.46. The molecule has 0 saturated carbocycles. The first-order valence-electron chi connectivity index (χ1n) is 15.2. The maximum atomic E-state index is 13.6. The van der Waals surface area contributed by atoms with Crippen molar-refractivity contribution in [1.82, 2.24) is 19.8 Å². The largest absolute Gasteiger partial charge is 0.372 e. The van der Waals surface area contributed by atoms with Crippen LogP contribution in [0.1, 0.15) is 80.9 Å². The zero-order valence-corrected chi connectivity index (χ0v) is 27.6. The predicted octanol–water partition coefficient (Wildman–Crippen LogP) is 6.68. The van der Waals surface area contributed by atoms with E-state index in [9.17, 15) is 23.6 Å². The van der Waals surface area contributed by atoms with Crippen molar-refractivity contribution in [1.29, 1.82) is 5.26 Å². The molecule has 3 heterocycles. The van der Waals surface area contributed by atoms with Crippen molar-refractivity contribution in [2.45, 2.75) is 85.5 Å². The quantitative estimate of drug-likeness (QED) is 0.169. The smallest absolute Gasteiger partial charge is 0.272 e. The number of hydrogen-bond donors (Lipinski definition) is 2. The molecule has 1 aliphatic heterocycles. The minimum atomic E-state index is -2.66. The number of carbonyl (C=O) groups excluding carboxylic acids is 2. The first-order valence-corrected chi connectivity index (χ1v) is 16.0. The summed E-state index contributed by atoms with van der Waals surface area (Å²) in [6.07, 6.45) is 0.358. The number of likely N-dealkylation sites (tertiary alicyclic amines) is 1. The first kappa shape index (κ1) is 34.2. The number of nitrogens with zero attached hydrogens (tertiary/aromatic N) is 4. The van der Waals surface area contributed by atoms with Crippen molar-refractivity contribution < 1.29 is 23.1 Å². The lowest BCUT2D eigenvalue weighted by Gasteiger charge is -2.27. The molecule has 45 heavy (non-hydrogen) atoms. The molecule has 0 aliphatic carbocycles. The van der Waals surface area contributed by atoms with Gasteiger partial charge in [0, 0.05) is 32.8 Å². The third-order valence-corrected chi connectivity index (χ3v) is 8.57. The standard InChI is InChI=1S/C33H42F2N6O3S/c1-7-44-33(5,6)16-22(17-36)30(43)40-14-8-9-23(40)19-41-25-11-10-21(18-37-20-32(2,3)4)15-24(25)38-31(41)39-29(42)27-13-12-26(45-27)28(34)35/h10-13,15-16,23,28,37H,7-9,14,18-20H2,1-6H3,(H,38,39,42). The highest BCUT2D eigenvalue weighted by molar-refractivity contribution is 7.14. The van der Waals surface area contributed by atoms with Crippen molar-refractivity contribution in [2.24, 2.45) is 5.41 Å². The number of ether oxygens (including phenoxy) is 1. The van der Waals surface area contributed by atoms with E-state index >= 15 is 0 Å². The van der Waals surface area contributed by atoms with Gasteiger partial charge in [-0.25, -0.2) is 13.8 Å². The van der Waals surface area contributed by atoms with Gasteiger partial charge in [0.25, 0.3) is 18.2 Å². The number of carbonyl (C=O) groups is 2. The van der Waals surface area contributed by atoms with E-state index in [1.807, 2.05) is 29.7 Å². The number of rotatable bonds is 12. The number of amides is 2. The summed E-state index contributed by atoms with van der Waals surface area (Å²) in [5.74, 6) is -0.648. The minimum Gasteiger partial charge on any atom is -0.372 e. The third kappa shape index (κ3) is 8.75. The number of thiophene rings is 1. The number of hydrogen-bond acceptors (Lipinski definition) is 7. The minimum absolute atomic E-state index is 0.0179. The number of nitriles is 1. The second-order valence-electron chi connectivity index (χ2n) is 13.0. The molecule has 1 saturated heterocycles. The summed E-state index contributed by atoms with van der Waals surface area (Å²) in [4.78, 5) is 33.2. The van der Waals surface area contributed by atoms with Crippen molar-refractivity contribution in [3.8, 4) is 6.07 Å². The van der Waals surface area contributed by atoms with Crippen LogP contribution in [0.25, 0.3) is 11.0 Å².